The molecule has 0 bridgehead atoms. The van der Waals surface area contributed by atoms with Crippen LogP contribution in [0.15, 0.2) is 42.5 Å². The molecule has 1 aliphatic rings. The van der Waals surface area contributed by atoms with Gasteiger partial charge in [0.1, 0.15) is 11.9 Å². The zero-order valence-corrected chi connectivity index (χ0v) is 13.6. The Balaban J connectivity index is 1.60. The van der Waals surface area contributed by atoms with E-state index >= 15 is 0 Å². The predicted molar refractivity (Wildman–Crippen MR) is 87.3 cm³/mol. The molecule has 1 amide bonds. The van der Waals surface area contributed by atoms with E-state index in [2.05, 4.69) is 29.4 Å². The largest absolute Gasteiger partial charge is 0.490 e. The summed E-state index contributed by atoms with van der Waals surface area (Å²) < 4.78 is 6.02. The zero-order chi connectivity index (χ0) is 16.4. The molecule has 0 aliphatic heterocycles. The van der Waals surface area contributed by atoms with Crippen molar-refractivity contribution in [2.75, 3.05) is 0 Å². The summed E-state index contributed by atoms with van der Waals surface area (Å²) in [7, 11) is 0. The van der Waals surface area contributed by atoms with Gasteiger partial charge in [-0.2, -0.15) is 5.10 Å². The summed E-state index contributed by atoms with van der Waals surface area (Å²) in [6, 6.07) is 13.3. The normalized spacial score (nSPS) is 22.0. The first-order valence-electron chi connectivity index (χ1n) is 7.80. The summed E-state index contributed by atoms with van der Waals surface area (Å²) in [6.07, 6.45) is 0.867. The minimum Gasteiger partial charge on any atom is -0.490 e. The van der Waals surface area contributed by atoms with Gasteiger partial charge in [0, 0.05) is 17.9 Å². The van der Waals surface area contributed by atoms with E-state index in [0.717, 1.165) is 17.9 Å². The van der Waals surface area contributed by atoms with Gasteiger partial charge in [0.2, 0.25) is 0 Å². The fourth-order valence-electron chi connectivity index (χ4n) is 2.75. The smallest absolute Gasteiger partial charge is 0.272 e. The van der Waals surface area contributed by atoms with E-state index in [9.17, 15) is 4.79 Å². The molecule has 3 rings (SSSR count). The molecule has 23 heavy (non-hydrogen) atoms. The van der Waals surface area contributed by atoms with Crippen LogP contribution >= 0.6 is 0 Å². The Morgan fingerprint density at radius 1 is 1.17 bits per heavy atom. The lowest BCUT2D eigenvalue weighted by molar-refractivity contribution is -0.0516. The Kier molecular flexibility index (Phi) is 4.03. The second-order valence-corrected chi connectivity index (χ2v) is 6.56. The summed E-state index contributed by atoms with van der Waals surface area (Å²) in [5, 5.41) is 10.9. The number of para-hydroxylation sites is 1. The number of carbonyl (C=O) groups is 1. The van der Waals surface area contributed by atoms with Crippen molar-refractivity contribution < 1.29 is 9.53 Å². The van der Waals surface area contributed by atoms with E-state index in [-0.39, 0.29) is 23.5 Å². The van der Waals surface area contributed by atoms with Crippen LogP contribution in [0, 0.1) is 12.3 Å². The number of benzene rings is 1. The van der Waals surface area contributed by atoms with Crippen molar-refractivity contribution in [3.05, 3.63) is 53.9 Å². The van der Waals surface area contributed by atoms with Gasteiger partial charge in [0.15, 0.2) is 5.69 Å². The fourth-order valence-corrected chi connectivity index (χ4v) is 2.75. The second-order valence-electron chi connectivity index (χ2n) is 6.56. The van der Waals surface area contributed by atoms with Gasteiger partial charge in [-0.25, -0.2) is 0 Å². The molecule has 5 heteroatoms. The van der Waals surface area contributed by atoms with E-state index in [0.29, 0.717) is 5.69 Å². The van der Waals surface area contributed by atoms with Gasteiger partial charge in [0.25, 0.3) is 5.91 Å². The Morgan fingerprint density at radius 2 is 1.91 bits per heavy atom. The molecule has 1 aromatic carbocycles. The second kappa shape index (κ2) is 5.99. The van der Waals surface area contributed by atoms with Crippen LogP contribution in [0.25, 0.3) is 0 Å². The molecule has 120 valence electrons. The highest BCUT2D eigenvalue weighted by molar-refractivity contribution is 5.92. The number of hydrogen-bond donors (Lipinski definition) is 1. The van der Waals surface area contributed by atoms with Gasteiger partial charge in [-0.15, -0.1) is 5.10 Å². The molecule has 0 saturated heterocycles. The van der Waals surface area contributed by atoms with Crippen molar-refractivity contribution in [2.45, 2.75) is 39.3 Å². The quantitative estimate of drug-likeness (QED) is 0.943. The number of ether oxygens (including phenoxy) is 1. The van der Waals surface area contributed by atoms with Crippen LogP contribution < -0.4 is 10.1 Å². The van der Waals surface area contributed by atoms with Crippen LogP contribution in [0.4, 0.5) is 0 Å². The Labute approximate surface area is 136 Å². The number of nitrogens with zero attached hydrogens (tertiary/aromatic N) is 2. The van der Waals surface area contributed by atoms with Gasteiger partial charge in [-0.05, 0) is 31.2 Å². The van der Waals surface area contributed by atoms with E-state index in [1.165, 1.54) is 0 Å². The number of carbonyl (C=O) groups excluding carboxylic acids is 1. The maximum atomic E-state index is 12.3. The van der Waals surface area contributed by atoms with Crippen LogP contribution in [-0.4, -0.2) is 28.3 Å². The third-order valence-corrected chi connectivity index (χ3v) is 4.54. The minimum absolute atomic E-state index is 0.0619. The lowest BCUT2D eigenvalue weighted by Gasteiger charge is -2.51. The summed E-state index contributed by atoms with van der Waals surface area (Å²) in [4.78, 5) is 12.3. The van der Waals surface area contributed by atoms with Gasteiger partial charge in [-0.3, -0.25) is 4.79 Å². The zero-order valence-electron chi connectivity index (χ0n) is 13.6. The molecule has 0 spiro atoms. The van der Waals surface area contributed by atoms with Crippen LogP contribution in [0.3, 0.4) is 0 Å². The Morgan fingerprint density at radius 3 is 2.52 bits per heavy atom. The van der Waals surface area contributed by atoms with Crippen molar-refractivity contribution in [3.63, 3.8) is 0 Å². The standard InChI is InChI=1S/C18H21N3O2/c1-12-9-10-14(21-20-12)17(22)19-15-11-16(18(15,2)3)23-13-7-5-4-6-8-13/h4-10,15-16H,11H2,1-3H3,(H,19,22)/t15-,16+/m0/s1. The van der Waals surface area contributed by atoms with Crippen LogP contribution in [0.1, 0.15) is 36.5 Å². The molecule has 1 fully saturated rings. The minimum atomic E-state index is -0.186. The monoisotopic (exact) mass is 311 g/mol. The van der Waals surface area contributed by atoms with E-state index in [1.54, 1.807) is 12.1 Å². The van der Waals surface area contributed by atoms with E-state index in [1.807, 2.05) is 37.3 Å². The van der Waals surface area contributed by atoms with Crippen molar-refractivity contribution in [2.24, 2.45) is 5.41 Å². The average Bonchev–Trinajstić information content (AvgIpc) is 2.55. The molecule has 5 nitrogen and oxygen atoms in total. The molecule has 1 N–H and O–H groups in total. The molecular weight excluding hydrogens is 290 g/mol. The van der Waals surface area contributed by atoms with Crippen LogP contribution in [0.5, 0.6) is 5.75 Å². The van der Waals surface area contributed by atoms with E-state index in [4.69, 9.17) is 4.74 Å². The van der Waals surface area contributed by atoms with Crippen molar-refractivity contribution >= 4 is 5.91 Å². The summed E-state index contributed by atoms with van der Waals surface area (Å²) in [5.74, 6) is 0.675. The highest BCUT2D eigenvalue weighted by Gasteiger charge is 2.50. The molecule has 2 aromatic rings. The maximum Gasteiger partial charge on any atom is 0.272 e. The topological polar surface area (TPSA) is 64.1 Å². The number of rotatable bonds is 4. The molecule has 1 aliphatic carbocycles. The van der Waals surface area contributed by atoms with Gasteiger partial charge in [-0.1, -0.05) is 32.0 Å². The number of aromatic nitrogens is 2. The number of aryl methyl sites for hydroxylation is 1. The Hall–Kier alpha value is -2.43. The summed E-state index contributed by atoms with van der Waals surface area (Å²) in [6.45, 7) is 6.06. The fraction of sp³-hybridized carbons (Fsp3) is 0.389. The van der Waals surface area contributed by atoms with E-state index < -0.39 is 0 Å². The molecule has 0 unspecified atom stereocenters. The number of nitrogens with one attached hydrogen (secondary N) is 1. The SMILES string of the molecule is Cc1ccc(C(=O)N[C@H]2C[C@@H](Oc3ccccc3)C2(C)C)nn1. The van der Waals surface area contributed by atoms with Gasteiger partial charge >= 0.3 is 0 Å². The molecule has 2 atom stereocenters. The summed E-state index contributed by atoms with van der Waals surface area (Å²) >= 11 is 0. The third kappa shape index (κ3) is 3.18. The van der Waals surface area contributed by atoms with Gasteiger partial charge in [0.05, 0.1) is 5.69 Å². The molecular formula is C18H21N3O2. The molecule has 1 heterocycles. The number of hydrogen-bond acceptors (Lipinski definition) is 4. The van der Waals surface area contributed by atoms with Gasteiger partial charge < -0.3 is 10.1 Å². The predicted octanol–water partition coefficient (Wildman–Crippen LogP) is 2.76. The molecule has 0 radical (unpaired) electrons. The highest BCUT2D eigenvalue weighted by Crippen LogP contribution is 2.43. The lowest BCUT2D eigenvalue weighted by Crippen LogP contribution is -2.63. The lowest BCUT2D eigenvalue weighted by atomic mass is 9.64. The first kappa shape index (κ1) is 15.5. The van der Waals surface area contributed by atoms with Crippen LogP contribution in [0.2, 0.25) is 0 Å². The van der Waals surface area contributed by atoms with Crippen molar-refractivity contribution in [1.29, 1.82) is 0 Å². The average molecular weight is 311 g/mol. The Bertz CT molecular complexity index is 683. The number of amides is 1. The van der Waals surface area contributed by atoms with Crippen LogP contribution in [-0.2, 0) is 0 Å². The van der Waals surface area contributed by atoms with Crippen molar-refractivity contribution in [1.82, 2.24) is 15.5 Å². The summed E-state index contributed by atoms with van der Waals surface area (Å²) in [5.41, 5.74) is 1.00. The third-order valence-electron chi connectivity index (χ3n) is 4.54. The molecule has 1 aromatic heterocycles. The molecule has 1 saturated carbocycles. The van der Waals surface area contributed by atoms with Crippen molar-refractivity contribution in [3.8, 4) is 5.75 Å². The first-order valence-corrected chi connectivity index (χ1v) is 7.80. The highest BCUT2D eigenvalue weighted by atomic mass is 16.5. The maximum absolute atomic E-state index is 12.3. The first-order chi connectivity index (χ1) is 11.0.